The molecule has 0 aromatic heterocycles. The van der Waals surface area contributed by atoms with Crippen LogP contribution in [0.4, 0.5) is 5.69 Å². The average Bonchev–Trinajstić information content (AvgIpc) is 2.53. The third kappa shape index (κ3) is 5.10. The van der Waals surface area contributed by atoms with E-state index in [1.54, 1.807) is 31.2 Å². The van der Waals surface area contributed by atoms with Crippen LogP contribution >= 0.6 is 0 Å². The Morgan fingerprint density at radius 1 is 1.09 bits per heavy atom. The molecule has 0 saturated heterocycles. The van der Waals surface area contributed by atoms with Crippen LogP contribution < -0.4 is 10.0 Å². The third-order valence-corrected chi connectivity index (χ3v) is 4.64. The fourth-order valence-electron chi connectivity index (χ4n) is 2.05. The number of rotatable bonds is 6. The highest BCUT2D eigenvalue weighted by Gasteiger charge is 2.08. The van der Waals surface area contributed by atoms with Crippen LogP contribution in [0.1, 0.15) is 28.4 Å². The second kappa shape index (κ2) is 7.28. The molecule has 0 aliphatic heterocycles. The van der Waals surface area contributed by atoms with Gasteiger partial charge in [0, 0.05) is 17.8 Å². The summed E-state index contributed by atoms with van der Waals surface area (Å²) in [4.78, 5) is 12.1. The lowest BCUT2D eigenvalue weighted by Crippen LogP contribution is -2.22. The van der Waals surface area contributed by atoms with Gasteiger partial charge >= 0.3 is 0 Å². The van der Waals surface area contributed by atoms with Crippen LogP contribution in [0.5, 0.6) is 0 Å². The van der Waals surface area contributed by atoms with E-state index >= 15 is 0 Å². The quantitative estimate of drug-likeness (QED) is 0.854. The number of anilines is 1. The maximum atomic E-state index is 12.1. The number of carbonyl (C=O) groups excluding carboxylic acids is 1. The molecule has 2 N–H and O–H groups in total. The molecule has 2 rings (SSSR count). The fraction of sp³-hybridized carbons (Fsp3) is 0.235. The first-order valence-electron chi connectivity index (χ1n) is 7.34. The van der Waals surface area contributed by atoms with Crippen LogP contribution in [0, 0.1) is 6.92 Å². The van der Waals surface area contributed by atoms with Gasteiger partial charge in [-0.15, -0.1) is 0 Å². The SMILES string of the molecule is CCS(=O)(=O)Nc1ccc(C(=O)NCc2cccc(C)c2)cc1. The smallest absolute Gasteiger partial charge is 0.251 e. The van der Waals surface area contributed by atoms with Crippen molar-refractivity contribution in [2.24, 2.45) is 0 Å². The van der Waals surface area contributed by atoms with Crippen molar-refractivity contribution in [2.45, 2.75) is 20.4 Å². The van der Waals surface area contributed by atoms with E-state index in [9.17, 15) is 13.2 Å². The first-order chi connectivity index (χ1) is 10.9. The van der Waals surface area contributed by atoms with Crippen molar-refractivity contribution in [3.05, 3.63) is 65.2 Å². The maximum absolute atomic E-state index is 12.1. The van der Waals surface area contributed by atoms with Gasteiger partial charge in [0.2, 0.25) is 10.0 Å². The summed E-state index contributed by atoms with van der Waals surface area (Å²) in [7, 11) is -3.31. The van der Waals surface area contributed by atoms with Gasteiger partial charge in [0.15, 0.2) is 0 Å². The molecule has 0 aliphatic carbocycles. The lowest BCUT2D eigenvalue weighted by Gasteiger charge is -2.08. The van der Waals surface area contributed by atoms with Crippen LogP contribution in [0.15, 0.2) is 48.5 Å². The molecule has 0 unspecified atom stereocenters. The minimum Gasteiger partial charge on any atom is -0.348 e. The van der Waals surface area contributed by atoms with Gasteiger partial charge in [-0.3, -0.25) is 9.52 Å². The fourth-order valence-corrected chi connectivity index (χ4v) is 2.69. The van der Waals surface area contributed by atoms with Crippen molar-refractivity contribution in [1.29, 1.82) is 0 Å². The van der Waals surface area contributed by atoms with Gasteiger partial charge in [-0.05, 0) is 43.7 Å². The standard InChI is InChI=1S/C17H20N2O3S/c1-3-23(21,22)19-16-9-7-15(8-10-16)17(20)18-12-14-6-4-5-13(2)11-14/h4-11,19H,3,12H2,1-2H3,(H,18,20). The number of hydrogen-bond donors (Lipinski definition) is 2. The first-order valence-corrected chi connectivity index (χ1v) is 8.99. The number of carbonyl (C=O) groups is 1. The zero-order chi connectivity index (χ0) is 16.9. The maximum Gasteiger partial charge on any atom is 0.251 e. The number of nitrogens with one attached hydrogen (secondary N) is 2. The van der Waals surface area contributed by atoms with E-state index in [4.69, 9.17) is 0 Å². The lowest BCUT2D eigenvalue weighted by atomic mass is 10.1. The molecule has 0 saturated carbocycles. The Balaban J connectivity index is 1.97. The molecule has 0 aliphatic rings. The Hall–Kier alpha value is -2.34. The summed E-state index contributed by atoms with van der Waals surface area (Å²) in [6.45, 7) is 4.02. The summed E-state index contributed by atoms with van der Waals surface area (Å²) in [6.07, 6.45) is 0. The van der Waals surface area contributed by atoms with Crippen LogP contribution in [0.2, 0.25) is 0 Å². The Morgan fingerprint density at radius 3 is 2.39 bits per heavy atom. The van der Waals surface area contributed by atoms with E-state index in [1.807, 2.05) is 31.2 Å². The predicted octanol–water partition coefficient (Wildman–Crippen LogP) is 2.69. The zero-order valence-electron chi connectivity index (χ0n) is 13.2. The summed E-state index contributed by atoms with van der Waals surface area (Å²) < 4.78 is 25.4. The van der Waals surface area contributed by atoms with Gasteiger partial charge in [0.1, 0.15) is 0 Å². The van der Waals surface area contributed by atoms with Gasteiger partial charge in [0.05, 0.1) is 5.75 Å². The Labute approximate surface area is 136 Å². The largest absolute Gasteiger partial charge is 0.348 e. The minimum atomic E-state index is -3.31. The highest BCUT2D eigenvalue weighted by molar-refractivity contribution is 7.92. The van der Waals surface area contributed by atoms with E-state index in [1.165, 1.54) is 0 Å². The van der Waals surface area contributed by atoms with Gasteiger partial charge in [-0.2, -0.15) is 0 Å². The van der Waals surface area contributed by atoms with Gasteiger partial charge in [-0.25, -0.2) is 8.42 Å². The molecule has 2 aromatic rings. The van der Waals surface area contributed by atoms with E-state index in [-0.39, 0.29) is 11.7 Å². The number of sulfonamides is 1. The van der Waals surface area contributed by atoms with Gasteiger partial charge < -0.3 is 5.32 Å². The van der Waals surface area contributed by atoms with Gasteiger partial charge in [-0.1, -0.05) is 29.8 Å². The third-order valence-electron chi connectivity index (χ3n) is 3.34. The molecule has 0 fully saturated rings. The van der Waals surface area contributed by atoms with Crippen molar-refractivity contribution in [3.63, 3.8) is 0 Å². The Bertz CT molecular complexity index is 784. The molecule has 122 valence electrons. The van der Waals surface area contributed by atoms with Crippen LogP contribution in [0.25, 0.3) is 0 Å². The Kier molecular flexibility index (Phi) is 5.39. The van der Waals surface area contributed by atoms with E-state index in [0.29, 0.717) is 17.8 Å². The summed E-state index contributed by atoms with van der Waals surface area (Å²) in [5, 5.41) is 2.84. The van der Waals surface area contributed by atoms with Crippen molar-refractivity contribution < 1.29 is 13.2 Å². The molecule has 1 amide bonds. The highest BCUT2D eigenvalue weighted by atomic mass is 32.2. The first kappa shape index (κ1) is 17.0. The summed E-state index contributed by atoms with van der Waals surface area (Å²) in [6, 6.07) is 14.3. The second-order valence-electron chi connectivity index (χ2n) is 5.25. The highest BCUT2D eigenvalue weighted by Crippen LogP contribution is 2.12. The predicted molar refractivity (Wildman–Crippen MR) is 91.9 cm³/mol. The summed E-state index contributed by atoms with van der Waals surface area (Å²) in [5.41, 5.74) is 3.11. The van der Waals surface area contributed by atoms with E-state index in [2.05, 4.69) is 10.0 Å². The normalized spacial score (nSPS) is 11.0. The average molecular weight is 332 g/mol. The van der Waals surface area contributed by atoms with E-state index in [0.717, 1.165) is 11.1 Å². The molecule has 0 atom stereocenters. The molecule has 0 radical (unpaired) electrons. The van der Waals surface area contributed by atoms with Gasteiger partial charge in [0.25, 0.3) is 5.91 Å². The molecular weight excluding hydrogens is 312 g/mol. The Morgan fingerprint density at radius 2 is 1.78 bits per heavy atom. The van der Waals surface area contributed by atoms with Crippen molar-refractivity contribution in [3.8, 4) is 0 Å². The van der Waals surface area contributed by atoms with Crippen LogP contribution in [-0.2, 0) is 16.6 Å². The molecular formula is C17H20N2O3S. The summed E-state index contributed by atoms with van der Waals surface area (Å²) in [5.74, 6) is -0.192. The van der Waals surface area contributed by atoms with Crippen LogP contribution in [0.3, 0.4) is 0 Å². The monoisotopic (exact) mass is 332 g/mol. The minimum absolute atomic E-state index is 0.00568. The number of hydrogen-bond acceptors (Lipinski definition) is 3. The number of amides is 1. The molecule has 5 nitrogen and oxygen atoms in total. The molecule has 2 aromatic carbocycles. The lowest BCUT2D eigenvalue weighted by molar-refractivity contribution is 0.0951. The van der Waals surface area contributed by atoms with Crippen molar-refractivity contribution in [2.75, 3.05) is 10.5 Å². The second-order valence-corrected chi connectivity index (χ2v) is 7.27. The topological polar surface area (TPSA) is 75.3 Å². The molecule has 6 heteroatoms. The van der Waals surface area contributed by atoms with E-state index < -0.39 is 10.0 Å². The van der Waals surface area contributed by atoms with Crippen molar-refractivity contribution >= 4 is 21.6 Å². The zero-order valence-corrected chi connectivity index (χ0v) is 14.0. The number of benzene rings is 2. The molecule has 0 spiro atoms. The van der Waals surface area contributed by atoms with Crippen molar-refractivity contribution in [1.82, 2.24) is 5.32 Å². The molecule has 0 heterocycles. The number of aryl methyl sites for hydroxylation is 1. The molecule has 23 heavy (non-hydrogen) atoms. The summed E-state index contributed by atoms with van der Waals surface area (Å²) >= 11 is 0. The molecule has 0 bridgehead atoms. The van der Waals surface area contributed by atoms with Crippen LogP contribution in [-0.4, -0.2) is 20.1 Å².